The largest absolute Gasteiger partial charge is 0.357 e. The molecule has 0 aliphatic carbocycles. The normalized spacial score (nSPS) is 14.9. The predicted molar refractivity (Wildman–Crippen MR) is 133 cm³/mol. The van der Waals surface area contributed by atoms with Gasteiger partial charge in [-0.25, -0.2) is 13.4 Å². The standard InChI is InChI=1S/C21H27ClN4O2S.HI/c1-2-23-21(25-16-18-6-5-7-19(22)14-18)24-15-17-8-10-20(11-9-17)29(27,28)26-12-3-4-13-26;/h5-11,14H,2-4,12-13,15-16H2,1H3,(H2,23,24,25);1H. The first-order valence-electron chi connectivity index (χ1n) is 9.85. The van der Waals surface area contributed by atoms with E-state index in [1.165, 1.54) is 0 Å². The van der Waals surface area contributed by atoms with Crippen molar-refractivity contribution >= 4 is 51.6 Å². The van der Waals surface area contributed by atoms with E-state index in [1.54, 1.807) is 16.4 Å². The van der Waals surface area contributed by atoms with Crippen LogP contribution in [0.1, 0.15) is 30.9 Å². The van der Waals surface area contributed by atoms with Gasteiger partial charge < -0.3 is 10.6 Å². The third kappa shape index (κ3) is 6.83. The quantitative estimate of drug-likeness (QED) is 0.304. The molecule has 0 saturated carbocycles. The van der Waals surface area contributed by atoms with Gasteiger partial charge in [0.25, 0.3) is 0 Å². The molecule has 2 aromatic carbocycles. The van der Waals surface area contributed by atoms with Crippen LogP contribution in [0.4, 0.5) is 0 Å². The fourth-order valence-corrected chi connectivity index (χ4v) is 4.92. The summed E-state index contributed by atoms with van der Waals surface area (Å²) in [7, 11) is -3.37. The van der Waals surface area contributed by atoms with E-state index in [4.69, 9.17) is 11.6 Å². The van der Waals surface area contributed by atoms with Gasteiger partial charge in [0.05, 0.1) is 11.4 Å². The Kier molecular flexibility index (Phi) is 9.86. The van der Waals surface area contributed by atoms with Crippen molar-refractivity contribution < 1.29 is 8.42 Å². The van der Waals surface area contributed by atoms with Crippen molar-refractivity contribution in [3.05, 3.63) is 64.7 Å². The number of rotatable bonds is 7. The average molecular weight is 563 g/mol. The SMILES string of the molecule is CCNC(=NCc1cccc(Cl)c1)NCc1ccc(S(=O)(=O)N2CCCC2)cc1.I. The second kappa shape index (κ2) is 11.9. The number of hydrogen-bond donors (Lipinski definition) is 2. The Morgan fingerprint density at radius 2 is 1.77 bits per heavy atom. The lowest BCUT2D eigenvalue weighted by molar-refractivity contribution is 0.477. The van der Waals surface area contributed by atoms with Crippen LogP contribution >= 0.6 is 35.6 Å². The lowest BCUT2D eigenvalue weighted by Gasteiger charge is -2.16. The van der Waals surface area contributed by atoms with Crippen LogP contribution in [0, 0.1) is 0 Å². The molecule has 0 unspecified atom stereocenters. The van der Waals surface area contributed by atoms with Gasteiger partial charge in [0.15, 0.2) is 5.96 Å². The van der Waals surface area contributed by atoms with Gasteiger partial charge in [-0.2, -0.15) is 4.31 Å². The van der Waals surface area contributed by atoms with Gasteiger partial charge in [0.2, 0.25) is 10.0 Å². The average Bonchev–Trinajstić information content (AvgIpc) is 3.26. The Hall–Kier alpha value is -1.36. The lowest BCUT2D eigenvalue weighted by atomic mass is 10.2. The molecule has 164 valence electrons. The number of benzene rings is 2. The maximum atomic E-state index is 12.6. The third-order valence-electron chi connectivity index (χ3n) is 4.74. The van der Waals surface area contributed by atoms with Gasteiger partial charge in [-0.15, -0.1) is 24.0 Å². The summed E-state index contributed by atoms with van der Waals surface area (Å²) in [6.07, 6.45) is 1.87. The van der Waals surface area contributed by atoms with Crippen LogP contribution in [0.15, 0.2) is 58.4 Å². The Morgan fingerprint density at radius 3 is 2.40 bits per heavy atom. The smallest absolute Gasteiger partial charge is 0.243 e. The number of nitrogens with zero attached hydrogens (tertiary/aromatic N) is 2. The summed E-state index contributed by atoms with van der Waals surface area (Å²) in [6, 6.07) is 14.7. The summed E-state index contributed by atoms with van der Waals surface area (Å²) in [6.45, 7) is 5.04. The van der Waals surface area contributed by atoms with E-state index in [1.807, 2.05) is 43.3 Å². The number of sulfonamides is 1. The topological polar surface area (TPSA) is 73.8 Å². The molecule has 0 spiro atoms. The third-order valence-corrected chi connectivity index (χ3v) is 6.89. The molecule has 0 amide bonds. The van der Waals surface area contributed by atoms with E-state index >= 15 is 0 Å². The van der Waals surface area contributed by atoms with Crippen LogP contribution in [-0.4, -0.2) is 38.3 Å². The summed E-state index contributed by atoms with van der Waals surface area (Å²) >= 11 is 6.02. The monoisotopic (exact) mass is 562 g/mol. The molecule has 1 heterocycles. The molecule has 0 radical (unpaired) electrons. The van der Waals surface area contributed by atoms with Crippen molar-refractivity contribution in [3.8, 4) is 0 Å². The second-order valence-electron chi connectivity index (χ2n) is 6.93. The van der Waals surface area contributed by atoms with Crippen LogP contribution in [-0.2, 0) is 23.1 Å². The van der Waals surface area contributed by atoms with Crippen molar-refractivity contribution in [1.29, 1.82) is 0 Å². The molecule has 3 rings (SSSR count). The van der Waals surface area contributed by atoms with Crippen LogP contribution in [0.25, 0.3) is 0 Å². The van der Waals surface area contributed by atoms with E-state index in [9.17, 15) is 8.42 Å². The minimum Gasteiger partial charge on any atom is -0.357 e. The van der Waals surface area contributed by atoms with E-state index in [-0.39, 0.29) is 24.0 Å². The highest BCUT2D eigenvalue weighted by Gasteiger charge is 2.26. The van der Waals surface area contributed by atoms with Crippen LogP contribution in [0.2, 0.25) is 5.02 Å². The Bertz CT molecular complexity index is 946. The molecule has 6 nitrogen and oxygen atoms in total. The highest BCUT2D eigenvalue weighted by atomic mass is 127. The zero-order chi connectivity index (χ0) is 20.7. The number of halogens is 2. The van der Waals surface area contributed by atoms with Crippen LogP contribution in [0.3, 0.4) is 0 Å². The van der Waals surface area contributed by atoms with E-state index < -0.39 is 10.0 Å². The minimum absolute atomic E-state index is 0. The molecule has 30 heavy (non-hydrogen) atoms. The van der Waals surface area contributed by atoms with Gasteiger partial charge in [-0.05, 0) is 55.2 Å². The first-order valence-corrected chi connectivity index (χ1v) is 11.7. The van der Waals surface area contributed by atoms with Crippen molar-refractivity contribution in [2.24, 2.45) is 4.99 Å². The van der Waals surface area contributed by atoms with Crippen molar-refractivity contribution in [2.75, 3.05) is 19.6 Å². The fourth-order valence-electron chi connectivity index (χ4n) is 3.19. The van der Waals surface area contributed by atoms with Gasteiger partial charge >= 0.3 is 0 Å². The molecule has 1 saturated heterocycles. The molecule has 9 heteroatoms. The number of guanidine groups is 1. The Labute approximate surface area is 201 Å². The van der Waals surface area contributed by atoms with Crippen LogP contribution < -0.4 is 10.6 Å². The minimum atomic E-state index is -3.37. The zero-order valence-electron chi connectivity index (χ0n) is 17.0. The van der Waals surface area contributed by atoms with Gasteiger partial charge in [0, 0.05) is 31.2 Å². The molecule has 0 bridgehead atoms. The summed E-state index contributed by atoms with van der Waals surface area (Å²) in [5.41, 5.74) is 2.02. The first kappa shape index (κ1) is 24.9. The molecular formula is C21H28ClIN4O2S. The second-order valence-corrected chi connectivity index (χ2v) is 9.31. The van der Waals surface area contributed by atoms with Crippen molar-refractivity contribution in [2.45, 2.75) is 37.8 Å². The van der Waals surface area contributed by atoms with Gasteiger partial charge in [0.1, 0.15) is 0 Å². The predicted octanol–water partition coefficient (Wildman–Crippen LogP) is 4.00. The fraction of sp³-hybridized carbons (Fsp3) is 0.381. The molecule has 2 aromatic rings. The van der Waals surface area contributed by atoms with E-state index in [0.717, 1.165) is 30.5 Å². The zero-order valence-corrected chi connectivity index (χ0v) is 20.9. The lowest BCUT2D eigenvalue weighted by Crippen LogP contribution is -2.36. The molecule has 1 aliphatic rings. The Morgan fingerprint density at radius 1 is 1.07 bits per heavy atom. The van der Waals surface area contributed by atoms with Crippen LogP contribution in [0.5, 0.6) is 0 Å². The number of nitrogens with one attached hydrogen (secondary N) is 2. The number of hydrogen-bond acceptors (Lipinski definition) is 3. The van der Waals surface area contributed by atoms with Crippen molar-refractivity contribution in [3.63, 3.8) is 0 Å². The highest BCUT2D eigenvalue weighted by molar-refractivity contribution is 14.0. The molecule has 0 aromatic heterocycles. The highest BCUT2D eigenvalue weighted by Crippen LogP contribution is 2.21. The van der Waals surface area contributed by atoms with Gasteiger partial charge in [-0.3, -0.25) is 0 Å². The molecule has 0 atom stereocenters. The maximum Gasteiger partial charge on any atom is 0.243 e. The summed E-state index contributed by atoms with van der Waals surface area (Å²) < 4.78 is 26.8. The van der Waals surface area contributed by atoms with E-state index in [0.29, 0.717) is 42.1 Å². The first-order chi connectivity index (χ1) is 14.0. The molecular weight excluding hydrogens is 535 g/mol. The molecule has 2 N–H and O–H groups in total. The molecule has 1 fully saturated rings. The summed E-state index contributed by atoms with van der Waals surface area (Å²) in [4.78, 5) is 4.93. The number of aliphatic imine (C=N–C) groups is 1. The summed E-state index contributed by atoms with van der Waals surface area (Å²) in [5, 5.41) is 7.19. The van der Waals surface area contributed by atoms with Crippen molar-refractivity contribution in [1.82, 2.24) is 14.9 Å². The summed E-state index contributed by atoms with van der Waals surface area (Å²) in [5.74, 6) is 0.696. The Balaban J connectivity index is 0.00000320. The molecule has 1 aliphatic heterocycles. The van der Waals surface area contributed by atoms with Gasteiger partial charge in [-0.1, -0.05) is 35.9 Å². The van der Waals surface area contributed by atoms with E-state index in [2.05, 4.69) is 15.6 Å². The maximum absolute atomic E-state index is 12.6.